The molecule has 0 radical (unpaired) electrons. The molecule has 2 N–H and O–H groups in total. The Hall–Kier alpha value is -1.28. The highest BCUT2D eigenvalue weighted by atomic mass is 15.0. The van der Waals surface area contributed by atoms with E-state index in [2.05, 4.69) is 41.5 Å². The summed E-state index contributed by atoms with van der Waals surface area (Å²) in [6.07, 6.45) is 7.39. The van der Waals surface area contributed by atoms with Gasteiger partial charge in [-0.05, 0) is 48.9 Å². The number of hydrogen-bond acceptors (Lipinski definition) is 1. The number of aromatic nitrogens is 1. The standard InChI is InChI=1S/C15H20N2/c1-15(7-2-3-8-15)17-11-12-4-5-14-13(10-12)6-9-16-14/h4-6,9-10,16-17H,2-3,7-8,11H2,1H3. The lowest BCUT2D eigenvalue weighted by Gasteiger charge is -2.25. The summed E-state index contributed by atoms with van der Waals surface area (Å²) >= 11 is 0. The molecule has 0 atom stereocenters. The SMILES string of the molecule is CC1(NCc2ccc3[nH]ccc3c2)CCCC1. The van der Waals surface area contributed by atoms with Crippen molar-refractivity contribution in [3.63, 3.8) is 0 Å². The molecule has 1 aromatic carbocycles. The van der Waals surface area contributed by atoms with Crippen LogP contribution in [0.3, 0.4) is 0 Å². The largest absolute Gasteiger partial charge is 0.361 e. The van der Waals surface area contributed by atoms with Crippen LogP contribution in [-0.4, -0.2) is 10.5 Å². The van der Waals surface area contributed by atoms with Gasteiger partial charge in [0.2, 0.25) is 0 Å². The number of rotatable bonds is 3. The van der Waals surface area contributed by atoms with Gasteiger partial charge in [-0.25, -0.2) is 0 Å². The number of benzene rings is 1. The summed E-state index contributed by atoms with van der Waals surface area (Å²) in [4.78, 5) is 3.23. The Morgan fingerprint density at radius 2 is 2.06 bits per heavy atom. The molecular formula is C15H20N2. The van der Waals surface area contributed by atoms with Gasteiger partial charge in [-0.15, -0.1) is 0 Å². The van der Waals surface area contributed by atoms with Crippen LogP contribution < -0.4 is 5.32 Å². The highest BCUT2D eigenvalue weighted by molar-refractivity contribution is 5.79. The topological polar surface area (TPSA) is 27.8 Å². The maximum absolute atomic E-state index is 3.72. The van der Waals surface area contributed by atoms with Gasteiger partial charge in [0.15, 0.2) is 0 Å². The van der Waals surface area contributed by atoms with Crippen LogP contribution in [-0.2, 0) is 6.54 Å². The average molecular weight is 228 g/mol. The fourth-order valence-electron chi connectivity index (χ4n) is 2.86. The molecule has 0 aliphatic heterocycles. The second kappa shape index (κ2) is 4.19. The van der Waals surface area contributed by atoms with Crippen molar-refractivity contribution in [1.29, 1.82) is 0 Å². The summed E-state index contributed by atoms with van der Waals surface area (Å²) in [5.74, 6) is 0. The van der Waals surface area contributed by atoms with E-state index in [1.807, 2.05) is 6.20 Å². The first-order valence-corrected chi connectivity index (χ1v) is 6.56. The van der Waals surface area contributed by atoms with Crippen molar-refractivity contribution < 1.29 is 0 Å². The van der Waals surface area contributed by atoms with Gasteiger partial charge < -0.3 is 10.3 Å². The van der Waals surface area contributed by atoms with Crippen LogP contribution in [0.1, 0.15) is 38.2 Å². The van der Waals surface area contributed by atoms with Crippen LogP contribution in [0.2, 0.25) is 0 Å². The third-order valence-electron chi connectivity index (χ3n) is 4.04. The molecule has 0 amide bonds. The lowest BCUT2D eigenvalue weighted by Crippen LogP contribution is -2.38. The predicted molar refractivity (Wildman–Crippen MR) is 72.0 cm³/mol. The fraction of sp³-hybridized carbons (Fsp3) is 0.467. The average Bonchev–Trinajstić information content (AvgIpc) is 2.95. The summed E-state index contributed by atoms with van der Waals surface area (Å²) in [5.41, 5.74) is 2.97. The van der Waals surface area contributed by atoms with Crippen LogP contribution in [0.25, 0.3) is 10.9 Å². The van der Waals surface area contributed by atoms with E-state index in [1.165, 1.54) is 42.1 Å². The maximum atomic E-state index is 3.72. The minimum Gasteiger partial charge on any atom is -0.361 e. The summed E-state index contributed by atoms with van der Waals surface area (Å²) in [6.45, 7) is 3.34. The Morgan fingerprint density at radius 3 is 2.88 bits per heavy atom. The Morgan fingerprint density at radius 1 is 1.24 bits per heavy atom. The van der Waals surface area contributed by atoms with Gasteiger partial charge in [0, 0.05) is 23.8 Å². The van der Waals surface area contributed by atoms with Gasteiger partial charge in [0.05, 0.1) is 0 Å². The number of H-pyrrole nitrogens is 1. The zero-order valence-corrected chi connectivity index (χ0v) is 10.4. The molecule has 1 fully saturated rings. The molecule has 1 aliphatic rings. The molecule has 1 saturated carbocycles. The third kappa shape index (κ3) is 2.22. The zero-order chi connectivity index (χ0) is 11.7. The molecule has 1 heterocycles. The molecule has 3 rings (SSSR count). The van der Waals surface area contributed by atoms with E-state index < -0.39 is 0 Å². The summed E-state index contributed by atoms with van der Waals surface area (Å²) in [7, 11) is 0. The van der Waals surface area contributed by atoms with Gasteiger partial charge in [0.25, 0.3) is 0 Å². The van der Waals surface area contributed by atoms with E-state index in [1.54, 1.807) is 0 Å². The molecule has 1 aliphatic carbocycles. The van der Waals surface area contributed by atoms with Gasteiger partial charge in [0.1, 0.15) is 0 Å². The number of fused-ring (bicyclic) bond motifs is 1. The van der Waals surface area contributed by atoms with E-state index in [0.29, 0.717) is 5.54 Å². The molecular weight excluding hydrogens is 208 g/mol. The van der Waals surface area contributed by atoms with Gasteiger partial charge >= 0.3 is 0 Å². The first-order chi connectivity index (χ1) is 8.25. The van der Waals surface area contributed by atoms with Crippen LogP contribution in [0, 0.1) is 0 Å². The summed E-state index contributed by atoms with van der Waals surface area (Å²) in [5, 5.41) is 5.03. The Balaban J connectivity index is 1.71. The quantitative estimate of drug-likeness (QED) is 0.825. The van der Waals surface area contributed by atoms with Crippen molar-refractivity contribution in [2.24, 2.45) is 0 Å². The molecule has 2 heteroatoms. The predicted octanol–water partition coefficient (Wildman–Crippen LogP) is 3.59. The molecule has 2 aromatic rings. The number of aromatic amines is 1. The Bertz CT molecular complexity index is 506. The monoisotopic (exact) mass is 228 g/mol. The molecule has 0 spiro atoms. The van der Waals surface area contributed by atoms with Gasteiger partial charge in [-0.2, -0.15) is 0 Å². The van der Waals surface area contributed by atoms with Crippen molar-refractivity contribution in [2.75, 3.05) is 0 Å². The fourth-order valence-corrected chi connectivity index (χ4v) is 2.86. The zero-order valence-electron chi connectivity index (χ0n) is 10.4. The van der Waals surface area contributed by atoms with Crippen molar-refractivity contribution in [3.05, 3.63) is 36.0 Å². The van der Waals surface area contributed by atoms with Crippen LogP contribution >= 0.6 is 0 Å². The molecule has 17 heavy (non-hydrogen) atoms. The Labute approximate surface area is 102 Å². The molecule has 90 valence electrons. The van der Waals surface area contributed by atoms with E-state index in [-0.39, 0.29) is 0 Å². The lowest BCUT2D eigenvalue weighted by atomic mass is 10.00. The first-order valence-electron chi connectivity index (χ1n) is 6.56. The first kappa shape index (κ1) is 10.8. The van der Waals surface area contributed by atoms with Crippen LogP contribution in [0.5, 0.6) is 0 Å². The van der Waals surface area contributed by atoms with Gasteiger partial charge in [-0.3, -0.25) is 0 Å². The van der Waals surface area contributed by atoms with Crippen LogP contribution in [0.15, 0.2) is 30.5 Å². The minimum atomic E-state index is 0.368. The van der Waals surface area contributed by atoms with Crippen molar-refractivity contribution in [1.82, 2.24) is 10.3 Å². The number of hydrogen-bond donors (Lipinski definition) is 2. The van der Waals surface area contributed by atoms with Gasteiger partial charge in [-0.1, -0.05) is 18.9 Å². The lowest BCUT2D eigenvalue weighted by molar-refractivity contribution is 0.363. The second-order valence-electron chi connectivity index (χ2n) is 5.52. The minimum absolute atomic E-state index is 0.368. The van der Waals surface area contributed by atoms with E-state index in [0.717, 1.165) is 6.54 Å². The summed E-state index contributed by atoms with van der Waals surface area (Å²) < 4.78 is 0. The molecule has 0 unspecified atom stereocenters. The molecule has 0 saturated heterocycles. The summed E-state index contributed by atoms with van der Waals surface area (Å²) in [6, 6.07) is 8.79. The van der Waals surface area contributed by atoms with Crippen LogP contribution in [0.4, 0.5) is 0 Å². The number of nitrogens with one attached hydrogen (secondary N) is 2. The van der Waals surface area contributed by atoms with Crippen molar-refractivity contribution >= 4 is 10.9 Å². The maximum Gasteiger partial charge on any atom is 0.0454 e. The van der Waals surface area contributed by atoms with Crippen molar-refractivity contribution in [2.45, 2.75) is 44.7 Å². The van der Waals surface area contributed by atoms with Crippen molar-refractivity contribution in [3.8, 4) is 0 Å². The smallest absolute Gasteiger partial charge is 0.0454 e. The highest BCUT2D eigenvalue weighted by Crippen LogP contribution is 2.29. The normalized spacial score (nSPS) is 18.9. The highest BCUT2D eigenvalue weighted by Gasteiger charge is 2.27. The molecule has 2 nitrogen and oxygen atoms in total. The van der Waals surface area contributed by atoms with E-state index in [9.17, 15) is 0 Å². The van der Waals surface area contributed by atoms with E-state index >= 15 is 0 Å². The van der Waals surface area contributed by atoms with E-state index in [4.69, 9.17) is 0 Å². The molecule has 0 bridgehead atoms. The Kier molecular flexibility index (Phi) is 2.67. The third-order valence-corrected chi connectivity index (χ3v) is 4.04. The molecule has 1 aromatic heterocycles. The second-order valence-corrected chi connectivity index (χ2v) is 5.52.